The summed E-state index contributed by atoms with van der Waals surface area (Å²) in [6.45, 7) is 16.6. The quantitative estimate of drug-likeness (QED) is 0.304. The van der Waals surface area contributed by atoms with E-state index >= 15 is 0 Å². The number of hydrogen-bond donors (Lipinski definition) is 0. The highest BCUT2D eigenvalue weighted by molar-refractivity contribution is 6.66. The van der Waals surface area contributed by atoms with Gasteiger partial charge < -0.3 is 18.6 Å². The number of imidazole rings is 2. The van der Waals surface area contributed by atoms with Gasteiger partial charge in [-0.1, -0.05) is 30.3 Å². The van der Waals surface area contributed by atoms with Crippen molar-refractivity contribution in [3.05, 3.63) is 66.7 Å². The van der Waals surface area contributed by atoms with E-state index in [9.17, 15) is 0 Å². The third-order valence-electron chi connectivity index (χ3n) is 9.38. The Morgan fingerprint density at radius 3 is 1.55 bits per heavy atom. The lowest BCUT2D eigenvalue weighted by molar-refractivity contribution is 0.00578. The summed E-state index contributed by atoms with van der Waals surface area (Å²) >= 11 is 0. The highest BCUT2D eigenvalue weighted by atomic mass is 16.7. The lowest BCUT2D eigenvalue weighted by Crippen LogP contribution is -2.41. The maximum Gasteiger partial charge on any atom is 0.494 e. The molecule has 2 aliphatic heterocycles. The van der Waals surface area contributed by atoms with Crippen LogP contribution in [0.15, 0.2) is 66.7 Å². The van der Waals surface area contributed by atoms with Gasteiger partial charge in [-0.15, -0.1) is 0 Å². The maximum atomic E-state index is 6.51. The van der Waals surface area contributed by atoms with Gasteiger partial charge in [-0.2, -0.15) is 0 Å². The normalized spacial score (nSPS) is 21.3. The number of nitrogens with zero attached hydrogens (tertiary/aromatic N) is 3. The third kappa shape index (κ3) is 3.64. The first-order valence-electron chi connectivity index (χ1n) is 14.0. The Kier molecular flexibility index (Phi) is 5.32. The van der Waals surface area contributed by atoms with Crippen LogP contribution in [-0.2, 0) is 18.6 Å². The molecule has 3 aromatic carbocycles. The van der Waals surface area contributed by atoms with E-state index in [1.165, 1.54) is 0 Å². The Hall–Kier alpha value is -3.10. The van der Waals surface area contributed by atoms with Crippen molar-refractivity contribution < 1.29 is 18.6 Å². The van der Waals surface area contributed by atoms with E-state index in [0.717, 1.165) is 44.5 Å². The fraction of sp³-hybridized carbons (Fsp3) is 0.387. The SMILES string of the molecule is CC1(C)OB(c2cc(B3OC(C)(C)C(C)(C)O3)cc(-n3c4ccccc4n4c5ccccc5nc34)c2)OC1(C)C. The van der Waals surface area contributed by atoms with Crippen LogP contribution in [0.3, 0.4) is 0 Å². The summed E-state index contributed by atoms with van der Waals surface area (Å²) < 4.78 is 30.5. The molecule has 204 valence electrons. The molecule has 0 spiro atoms. The number of aromatic nitrogens is 3. The predicted molar refractivity (Wildman–Crippen MR) is 161 cm³/mol. The highest BCUT2D eigenvalue weighted by Crippen LogP contribution is 2.38. The molecule has 0 saturated carbocycles. The Labute approximate surface area is 235 Å². The molecule has 2 fully saturated rings. The molecule has 40 heavy (non-hydrogen) atoms. The average molecular weight is 535 g/mol. The number of hydrogen-bond acceptors (Lipinski definition) is 5. The van der Waals surface area contributed by atoms with Gasteiger partial charge in [0.25, 0.3) is 0 Å². The van der Waals surface area contributed by atoms with Crippen molar-refractivity contribution in [1.29, 1.82) is 0 Å². The Morgan fingerprint density at radius 2 is 1.02 bits per heavy atom. The number of fused-ring (bicyclic) bond motifs is 5. The fourth-order valence-corrected chi connectivity index (χ4v) is 5.62. The largest absolute Gasteiger partial charge is 0.494 e. The van der Waals surface area contributed by atoms with E-state index in [1.807, 2.05) is 6.07 Å². The van der Waals surface area contributed by atoms with E-state index in [-0.39, 0.29) is 0 Å². The molecule has 2 aliphatic rings. The Bertz CT molecular complexity index is 1720. The number of rotatable bonds is 3. The molecular formula is C31H35B2N3O4. The van der Waals surface area contributed by atoms with Crippen LogP contribution in [0.4, 0.5) is 0 Å². The van der Waals surface area contributed by atoms with Crippen molar-refractivity contribution in [2.75, 3.05) is 0 Å². The average Bonchev–Trinajstić information content (AvgIpc) is 3.54. The molecule has 5 aromatic rings. The van der Waals surface area contributed by atoms with Gasteiger partial charge in [-0.25, -0.2) is 4.98 Å². The second-order valence-electron chi connectivity index (χ2n) is 13.1. The third-order valence-corrected chi connectivity index (χ3v) is 9.38. The van der Waals surface area contributed by atoms with E-state index in [2.05, 4.69) is 125 Å². The molecule has 0 aliphatic carbocycles. The minimum absolute atomic E-state index is 0.466. The summed E-state index contributed by atoms with van der Waals surface area (Å²) in [6, 6.07) is 23.0. The summed E-state index contributed by atoms with van der Waals surface area (Å²) in [4.78, 5) is 5.08. The van der Waals surface area contributed by atoms with Crippen LogP contribution in [0.25, 0.3) is 33.5 Å². The summed E-state index contributed by atoms with van der Waals surface area (Å²) in [5, 5.41) is 0. The van der Waals surface area contributed by atoms with Crippen molar-refractivity contribution in [3.63, 3.8) is 0 Å². The van der Waals surface area contributed by atoms with Crippen LogP contribution in [0.2, 0.25) is 0 Å². The Morgan fingerprint density at radius 1 is 0.575 bits per heavy atom. The lowest BCUT2D eigenvalue weighted by Gasteiger charge is -2.32. The Balaban J connectivity index is 1.48. The summed E-state index contributed by atoms with van der Waals surface area (Å²) in [5.41, 5.74) is 5.06. The van der Waals surface area contributed by atoms with Crippen LogP contribution in [0.5, 0.6) is 0 Å². The zero-order chi connectivity index (χ0) is 28.2. The van der Waals surface area contributed by atoms with Gasteiger partial charge >= 0.3 is 14.2 Å². The molecule has 0 unspecified atom stereocenters. The van der Waals surface area contributed by atoms with Gasteiger partial charge in [0.2, 0.25) is 5.78 Å². The minimum Gasteiger partial charge on any atom is -0.399 e. The van der Waals surface area contributed by atoms with Crippen LogP contribution in [0.1, 0.15) is 55.4 Å². The fourth-order valence-electron chi connectivity index (χ4n) is 5.62. The molecule has 0 radical (unpaired) electrons. The molecule has 9 heteroatoms. The summed E-state index contributed by atoms with van der Waals surface area (Å²) in [6.07, 6.45) is 0. The highest BCUT2D eigenvalue weighted by Gasteiger charge is 2.54. The van der Waals surface area contributed by atoms with Crippen molar-refractivity contribution in [3.8, 4) is 5.69 Å². The van der Waals surface area contributed by atoms with Crippen LogP contribution < -0.4 is 10.9 Å². The van der Waals surface area contributed by atoms with E-state index in [4.69, 9.17) is 23.6 Å². The van der Waals surface area contributed by atoms with Crippen LogP contribution in [-0.4, -0.2) is 50.6 Å². The van der Waals surface area contributed by atoms with Crippen molar-refractivity contribution in [2.24, 2.45) is 0 Å². The van der Waals surface area contributed by atoms with Crippen LogP contribution in [0, 0.1) is 0 Å². The van der Waals surface area contributed by atoms with Gasteiger partial charge in [-0.05, 0) is 103 Å². The number of benzene rings is 3. The van der Waals surface area contributed by atoms with E-state index in [0.29, 0.717) is 0 Å². The predicted octanol–water partition coefficient (Wildman–Crippen LogP) is 5.03. The molecule has 2 aromatic heterocycles. The molecule has 0 amide bonds. The van der Waals surface area contributed by atoms with Crippen molar-refractivity contribution >= 4 is 53.0 Å². The van der Waals surface area contributed by atoms with Crippen molar-refractivity contribution in [2.45, 2.75) is 77.8 Å². The first-order chi connectivity index (χ1) is 18.8. The summed E-state index contributed by atoms with van der Waals surface area (Å²) in [5.74, 6) is 0.841. The minimum atomic E-state index is -0.539. The molecule has 0 atom stereocenters. The van der Waals surface area contributed by atoms with Gasteiger partial charge in [0, 0.05) is 5.69 Å². The van der Waals surface area contributed by atoms with Gasteiger partial charge in [0.15, 0.2) is 0 Å². The lowest BCUT2D eigenvalue weighted by atomic mass is 9.71. The molecule has 0 bridgehead atoms. The molecule has 2 saturated heterocycles. The molecule has 7 nitrogen and oxygen atoms in total. The monoisotopic (exact) mass is 535 g/mol. The van der Waals surface area contributed by atoms with E-state index < -0.39 is 36.6 Å². The topological polar surface area (TPSA) is 59.2 Å². The first-order valence-corrected chi connectivity index (χ1v) is 14.0. The smallest absolute Gasteiger partial charge is 0.399 e. The van der Waals surface area contributed by atoms with E-state index in [1.54, 1.807) is 0 Å². The first kappa shape index (κ1) is 25.8. The zero-order valence-electron chi connectivity index (χ0n) is 24.5. The summed E-state index contributed by atoms with van der Waals surface area (Å²) in [7, 11) is -1.08. The zero-order valence-corrected chi connectivity index (χ0v) is 24.5. The maximum absolute atomic E-state index is 6.51. The molecule has 4 heterocycles. The van der Waals surface area contributed by atoms with Crippen molar-refractivity contribution in [1.82, 2.24) is 14.0 Å². The second kappa shape index (κ2) is 8.23. The van der Waals surface area contributed by atoms with Crippen LogP contribution >= 0.6 is 0 Å². The van der Waals surface area contributed by atoms with Gasteiger partial charge in [0.05, 0.1) is 44.5 Å². The molecule has 7 rings (SSSR count). The molecule has 0 N–H and O–H groups in total. The second-order valence-corrected chi connectivity index (χ2v) is 13.1. The van der Waals surface area contributed by atoms with Gasteiger partial charge in [-0.3, -0.25) is 8.97 Å². The standard InChI is InChI=1S/C31H35B2N3O4/c1-28(2)29(3,4)38-32(37-28)20-17-21(33-39-30(5,6)31(7,8)40-33)19-22(18-20)35-25-15-11-12-16-26(25)36-24-14-10-9-13-23(24)34-27(35)36/h9-19H,1-8H3. The van der Waals surface area contributed by atoms with Gasteiger partial charge in [0.1, 0.15) is 0 Å². The molecular weight excluding hydrogens is 500 g/mol. The number of para-hydroxylation sites is 4.